The molecule has 1 aromatic rings. The van der Waals surface area contributed by atoms with Crippen LogP contribution >= 0.6 is 11.3 Å². The van der Waals surface area contributed by atoms with E-state index in [1.165, 1.54) is 18.3 Å². The van der Waals surface area contributed by atoms with E-state index in [0.717, 1.165) is 4.90 Å². The van der Waals surface area contributed by atoms with Crippen LogP contribution in [0.15, 0.2) is 29.7 Å². The molecule has 3 rings (SSSR count). The summed E-state index contributed by atoms with van der Waals surface area (Å²) in [6.07, 6.45) is 4.66. The molecule has 0 saturated carbocycles. The van der Waals surface area contributed by atoms with Gasteiger partial charge in [-0.05, 0) is 31.2 Å². The van der Waals surface area contributed by atoms with Crippen LogP contribution in [0, 0.1) is 11.8 Å². The van der Waals surface area contributed by atoms with Gasteiger partial charge in [0.25, 0.3) is 11.8 Å². The van der Waals surface area contributed by atoms with Gasteiger partial charge in [-0.2, -0.15) is 0 Å². The highest BCUT2D eigenvalue weighted by Gasteiger charge is 2.50. The second-order valence-corrected chi connectivity index (χ2v) is 7.29. The third kappa shape index (κ3) is 3.82. The normalized spacial score (nSPS) is 22.3. The lowest BCUT2D eigenvalue weighted by Crippen LogP contribution is -2.45. The highest BCUT2D eigenvalue weighted by Crippen LogP contribution is 2.36. The summed E-state index contributed by atoms with van der Waals surface area (Å²) in [5.41, 5.74) is 0. The van der Waals surface area contributed by atoms with Gasteiger partial charge in [-0.3, -0.25) is 29.4 Å². The summed E-state index contributed by atoms with van der Waals surface area (Å²) in [5, 5.41) is 3.80. The first-order valence-corrected chi connectivity index (χ1v) is 9.34. The van der Waals surface area contributed by atoms with Crippen molar-refractivity contribution in [3.8, 4) is 0 Å². The van der Waals surface area contributed by atoms with E-state index in [1.807, 2.05) is 12.2 Å². The number of nitrogens with one attached hydrogen (secondary N) is 1. The van der Waals surface area contributed by atoms with Crippen molar-refractivity contribution in [2.45, 2.75) is 25.8 Å². The molecule has 142 valence electrons. The van der Waals surface area contributed by atoms with Crippen LogP contribution < -0.4 is 5.32 Å². The maximum Gasteiger partial charge on any atom is 0.329 e. The van der Waals surface area contributed by atoms with Crippen LogP contribution in [-0.4, -0.2) is 47.1 Å². The molecule has 3 atom stereocenters. The number of fused-ring (bicyclic) bond motifs is 1. The van der Waals surface area contributed by atoms with E-state index in [-0.39, 0.29) is 0 Å². The van der Waals surface area contributed by atoms with Gasteiger partial charge in [0.1, 0.15) is 6.04 Å². The molecule has 0 spiro atoms. The summed E-state index contributed by atoms with van der Waals surface area (Å²) < 4.78 is 4.88. The Morgan fingerprint density at radius 2 is 1.85 bits per heavy atom. The second-order valence-electron chi connectivity index (χ2n) is 6.34. The quantitative estimate of drug-likeness (QED) is 0.454. The minimum Gasteiger partial charge on any atom is -0.454 e. The molecule has 1 aromatic heterocycles. The molecule has 1 fully saturated rings. The summed E-state index contributed by atoms with van der Waals surface area (Å²) >= 11 is 1.17. The average Bonchev–Trinajstić information content (AvgIpc) is 3.28. The summed E-state index contributed by atoms with van der Waals surface area (Å²) in [7, 11) is 0. The third-order valence-corrected chi connectivity index (χ3v) is 5.48. The number of imide groups is 2. The fraction of sp³-hybridized carbons (Fsp3) is 0.389. The van der Waals surface area contributed by atoms with E-state index in [2.05, 4.69) is 5.32 Å². The van der Waals surface area contributed by atoms with Gasteiger partial charge in [-0.1, -0.05) is 18.2 Å². The van der Waals surface area contributed by atoms with Gasteiger partial charge in [0.2, 0.25) is 11.8 Å². The highest BCUT2D eigenvalue weighted by molar-refractivity contribution is 7.12. The summed E-state index contributed by atoms with van der Waals surface area (Å²) in [6, 6.07) is 2.10. The van der Waals surface area contributed by atoms with E-state index in [9.17, 15) is 24.0 Å². The van der Waals surface area contributed by atoms with Crippen LogP contribution in [0.3, 0.4) is 0 Å². The van der Waals surface area contributed by atoms with Gasteiger partial charge in [0.05, 0.1) is 16.7 Å². The molecule has 0 aromatic carbocycles. The van der Waals surface area contributed by atoms with E-state index in [0.29, 0.717) is 17.7 Å². The molecule has 0 unspecified atom stereocenters. The second kappa shape index (κ2) is 7.83. The molecule has 0 bridgehead atoms. The molecule has 1 aliphatic carbocycles. The molecule has 8 nitrogen and oxygen atoms in total. The molecule has 1 aliphatic heterocycles. The molecule has 2 aliphatic rings. The minimum absolute atomic E-state index is 0.354. The van der Waals surface area contributed by atoms with Gasteiger partial charge in [0.15, 0.2) is 6.61 Å². The van der Waals surface area contributed by atoms with Crippen molar-refractivity contribution in [3.63, 3.8) is 0 Å². The predicted octanol–water partition coefficient (Wildman–Crippen LogP) is 0.887. The molecule has 0 radical (unpaired) electrons. The zero-order valence-electron chi connectivity index (χ0n) is 14.5. The van der Waals surface area contributed by atoms with Crippen molar-refractivity contribution in [3.05, 3.63) is 34.5 Å². The number of rotatable bonds is 5. The Labute approximate surface area is 159 Å². The van der Waals surface area contributed by atoms with E-state index in [4.69, 9.17) is 4.74 Å². The Kier molecular flexibility index (Phi) is 5.50. The largest absolute Gasteiger partial charge is 0.454 e. The van der Waals surface area contributed by atoms with Crippen LogP contribution in [0.2, 0.25) is 0 Å². The molecule has 27 heavy (non-hydrogen) atoms. The number of nitrogens with zero attached hydrogens (tertiary/aromatic N) is 1. The molecule has 4 amide bonds. The van der Waals surface area contributed by atoms with E-state index < -0.39 is 54.1 Å². The Morgan fingerprint density at radius 1 is 1.22 bits per heavy atom. The SMILES string of the molecule is C[C@@H](C(=O)OCC(=O)NC(=O)c1cccs1)N1C(=O)[C@H]2CC=CC[C@H]2C1=O. The Bertz CT molecular complexity index is 790. The van der Waals surface area contributed by atoms with Crippen molar-refractivity contribution in [1.29, 1.82) is 0 Å². The monoisotopic (exact) mass is 390 g/mol. The number of thiophene rings is 1. The lowest BCUT2D eigenvalue weighted by atomic mass is 9.85. The number of likely N-dealkylation sites (tertiary alicyclic amines) is 1. The van der Waals surface area contributed by atoms with Gasteiger partial charge >= 0.3 is 5.97 Å². The van der Waals surface area contributed by atoms with Crippen molar-refractivity contribution in [2.24, 2.45) is 11.8 Å². The standard InChI is InChI=1S/C18H18N2O6S/c1-10(20-16(23)11-5-2-3-6-12(11)17(20)24)18(25)26-9-14(21)19-15(22)13-7-4-8-27-13/h2-4,7-8,10-12H,5-6,9H2,1H3,(H,19,21,22)/t10-,11-,12+/m0/s1. The molecule has 2 heterocycles. The lowest BCUT2D eigenvalue weighted by Gasteiger charge is -2.21. The number of esters is 1. The topological polar surface area (TPSA) is 110 Å². The third-order valence-electron chi connectivity index (χ3n) is 4.61. The zero-order valence-corrected chi connectivity index (χ0v) is 15.4. The number of carbonyl (C=O) groups excluding carboxylic acids is 5. The first kappa shape index (κ1) is 19.0. The van der Waals surface area contributed by atoms with E-state index >= 15 is 0 Å². The predicted molar refractivity (Wildman–Crippen MR) is 94.4 cm³/mol. The first-order chi connectivity index (χ1) is 12.9. The van der Waals surface area contributed by atoms with Crippen LogP contribution in [0.5, 0.6) is 0 Å². The Morgan fingerprint density at radius 3 is 2.41 bits per heavy atom. The van der Waals surface area contributed by atoms with Crippen molar-refractivity contribution >= 4 is 40.9 Å². The average molecular weight is 390 g/mol. The summed E-state index contributed by atoms with van der Waals surface area (Å²) in [4.78, 5) is 61.9. The first-order valence-electron chi connectivity index (χ1n) is 8.46. The number of amides is 4. The lowest BCUT2D eigenvalue weighted by molar-refractivity contribution is -0.159. The fourth-order valence-electron chi connectivity index (χ4n) is 3.20. The van der Waals surface area contributed by atoms with Crippen molar-refractivity contribution in [1.82, 2.24) is 10.2 Å². The smallest absolute Gasteiger partial charge is 0.329 e. The Balaban J connectivity index is 1.53. The fourth-order valence-corrected chi connectivity index (χ4v) is 3.82. The zero-order chi connectivity index (χ0) is 19.6. The summed E-state index contributed by atoms with van der Waals surface area (Å²) in [6.45, 7) is 0.711. The van der Waals surface area contributed by atoms with Crippen LogP contribution in [-0.2, 0) is 23.9 Å². The van der Waals surface area contributed by atoms with Crippen molar-refractivity contribution < 1.29 is 28.7 Å². The van der Waals surface area contributed by atoms with Gasteiger partial charge in [0, 0.05) is 0 Å². The van der Waals surface area contributed by atoms with Crippen LogP contribution in [0.4, 0.5) is 0 Å². The molecular formula is C18H18N2O6S. The maximum absolute atomic E-state index is 12.5. The number of hydrogen-bond donors (Lipinski definition) is 1. The molecule has 1 N–H and O–H groups in total. The number of ether oxygens (including phenoxy) is 1. The van der Waals surface area contributed by atoms with E-state index in [1.54, 1.807) is 17.5 Å². The summed E-state index contributed by atoms with van der Waals surface area (Å²) in [5.74, 6) is -3.91. The van der Waals surface area contributed by atoms with Crippen LogP contribution in [0.1, 0.15) is 29.4 Å². The number of carbonyl (C=O) groups is 5. The van der Waals surface area contributed by atoms with Crippen molar-refractivity contribution in [2.75, 3.05) is 6.61 Å². The molecular weight excluding hydrogens is 372 g/mol. The highest BCUT2D eigenvalue weighted by atomic mass is 32.1. The molecule has 1 saturated heterocycles. The molecule has 9 heteroatoms. The van der Waals surface area contributed by atoms with Crippen LogP contribution in [0.25, 0.3) is 0 Å². The number of hydrogen-bond acceptors (Lipinski definition) is 7. The van der Waals surface area contributed by atoms with Gasteiger partial charge < -0.3 is 4.74 Å². The maximum atomic E-state index is 12.5. The minimum atomic E-state index is -1.13. The number of allylic oxidation sites excluding steroid dienone is 2. The van der Waals surface area contributed by atoms with Gasteiger partial charge in [-0.25, -0.2) is 4.79 Å². The Hall–Kier alpha value is -2.81. The van der Waals surface area contributed by atoms with Gasteiger partial charge in [-0.15, -0.1) is 11.3 Å².